The quantitative estimate of drug-likeness (QED) is 0.904. The summed E-state index contributed by atoms with van der Waals surface area (Å²) < 4.78 is 25.4. The lowest BCUT2D eigenvalue weighted by molar-refractivity contribution is 0.0913. The molecule has 0 saturated carbocycles. The molecule has 0 radical (unpaired) electrons. The zero-order valence-corrected chi connectivity index (χ0v) is 15.6. The molecule has 0 bridgehead atoms. The molecule has 8 heteroatoms. The molecule has 1 fully saturated rings. The molecule has 1 N–H and O–H groups in total. The molecule has 1 aliphatic rings. The highest BCUT2D eigenvalue weighted by Gasteiger charge is 2.32. The van der Waals surface area contributed by atoms with Crippen molar-refractivity contribution in [2.75, 3.05) is 11.5 Å². The van der Waals surface area contributed by atoms with Crippen molar-refractivity contribution >= 4 is 27.1 Å². The van der Waals surface area contributed by atoms with Gasteiger partial charge in [-0.3, -0.25) is 9.48 Å². The Morgan fingerprint density at radius 3 is 2.71 bits per heavy atom. The van der Waals surface area contributed by atoms with E-state index >= 15 is 0 Å². The van der Waals surface area contributed by atoms with Gasteiger partial charge in [0.15, 0.2) is 15.5 Å². The van der Waals surface area contributed by atoms with Crippen molar-refractivity contribution in [2.45, 2.75) is 38.8 Å². The van der Waals surface area contributed by atoms with E-state index in [1.165, 1.54) is 0 Å². The summed E-state index contributed by atoms with van der Waals surface area (Å²) in [5.41, 5.74) is 0.754. The van der Waals surface area contributed by atoms with Gasteiger partial charge in [-0.25, -0.2) is 8.42 Å². The third-order valence-corrected chi connectivity index (χ3v) is 6.43. The van der Waals surface area contributed by atoms with E-state index in [2.05, 4.69) is 10.4 Å². The van der Waals surface area contributed by atoms with Crippen LogP contribution >= 0.6 is 11.3 Å². The Morgan fingerprint density at radius 1 is 1.42 bits per heavy atom. The summed E-state index contributed by atoms with van der Waals surface area (Å²) >= 11 is 1.55. The second-order valence-electron chi connectivity index (χ2n) is 7.10. The van der Waals surface area contributed by atoms with Crippen LogP contribution in [0.3, 0.4) is 0 Å². The molecule has 6 nitrogen and oxygen atoms in total. The number of hydrogen-bond donors (Lipinski definition) is 1. The smallest absolute Gasteiger partial charge is 0.272 e. The van der Waals surface area contributed by atoms with E-state index in [0.717, 1.165) is 10.6 Å². The topological polar surface area (TPSA) is 81.1 Å². The van der Waals surface area contributed by atoms with Crippen LogP contribution in [0, 0.1) is 0 Å². The van der Waals surface area contributed by atoms with Gasteiger partial charge in [0, 0.05) is 5.54 Å². The molecule has 2 aromatic rings. The molecule has 24 heavy (non-hydrogen) atoms. The van der Waals surface area contributed by atoms with Crippen LogP contribution < -0.4 is 5.32 Å². The zero-order valence-electron chi connectivity index (χ0n) is 13.9. The first kappa shape index (κ1) is 17.2. The fourth-order valence-electron chi connectivity index (χ4n) is 2.76. The summed E-state index contributed by atoms with van der Waals surface area (Å²) in [5.74, 6) is -0.00176. The molecule has 0 aliphatic carbocycles. The molecule has 3 heterocycles. The number of carbonyl (C=O) groups is 1. The largest absolute Gasteiger partial charge is 0.346 e. The van der Waals surface area contributed by atoms with E-state index in [1.807, 2.05) is 38.3 Å². The molecular weight excluding hydrogens is 346 g/mol. The Balaban J connectivity index is 1.99. The first-order valence-corrected chi connectivity index (χ1v) is 10.5. The molecule has 1 atom stereocenters. The maximum absolute atomic E-state index is 12.4. The highest BCUT2D eigenvalue weighted by Crippen LogP contribution is 2.32. The second kappa shape index (κ2) is 6.00. The number of amides is 1. The number of hydrogen-bond acceptors (Lipinski definition) is 5. The van der Waals surface area contributed by atoms with Crippen molar-refractivity contribution in [1.29, 1.82) is 0 Å². The van der Waals surface area contributed by atoms with Crippen LogP contribution in [-0.4, -0.2) is 41.2 Å². The van der Waals surface area contributed by atoms with E-state index in [-0.39, 0.29) is 29.0 Å². The normalized spacial score (nSPS) is 20.2. The lowest BCUT2D eigenvalue weighted by atomic mass is 10.1. The van der Waals surface area contributed by atoms with Crippen molar-refractivity contribution in [3.63, 3.8) is 0 Å². The number of nitrogens with one attached hydrogen (secondary N) is 1. The number of aromatic nitrogens is 2. The van der Waals surface area contributed by atoms with E-state index in [1.54, 1.807) is 22.1 Å². The van der Waals surface area contributed by atoms with Gasteiger partial charge >= 0.3 is 0 Å². The summed E-state index contributed by atoms with van der Waals surface area (Å²) in [6.07, 6.45) is 0.530. The molecule has 1 amide bonds. The van der Waals surface area contributed by atoms with Gasteiger partial charge in [-0.05, 0) is 44.7 Å². The third kappa shape index (κ3) is 3.70. The standard InChI is InChI=1S/C16H21N3O3S2/c1-16(2,3)17-15(20)12-9-13(14-5-4-7-23-14)19(18-12)11-6-8-24(21,22)10-11/h4-5,7,9,11H,6,8,10H2,1-3H3,(H,17,20)/t11-/m1/s1. The number of sulfone groups is 1. The van der Waals surface area contributed by atoms with Crippen molar-refractivity contribution in [3.8, 4) is 10.6 Å². The minimum Gasteiger partial charge on any atom is -0.346 e. The molecule has 2 aromatic heterocycles. The number of nitrogens with zero attached hydrogens (tertiary/aromatic N) is 2. The average Bonchev–Trinajstić information content (AvgIpc) is 3.13. The summed E-state index contributed by atoms with van der Waals surface area (Å²) in [4.78, 5) is 13.4. The summed E-state index contributed by atoms with van der Waals surface area (Å²) in [7, 11) is -3.03. The lowest BCUT2D eigenvalue weighted by Gasteiger charge is -2.19. The predicted octanol–water partition coefficient (Wildman–Crippen LogP) is 2.50. The fourth-order valence-corrected chi connectivity index (χ4v) is 5.19. The molecule has 130 valence electrons. The van der Waals surface area contributed by atoms with Gasteiger partial charge in [0.05, 0.1) is 28.1 Å². The minimum atomic E-state index is -3.03. The van der Waals surface area contributed by atoms with Gasteiger partial charge in [-0.2, -0.15) is 5.10 Å². The molecule has 0 spiro atoms. The van der Waals surface area contributed by atoms with Gasteiger partial charge in [-0.15, -0.1) is 11.3 Å². The monoisotopic (exact) mass is 367 g/mol. The van der Waals surface area contributed by atoms with Crippen LogP contribution in [0.15, 0.2) is 23.6 Å². The predicted molar refractivity (Wildman–Crippen MR) is 95.1 cm³/mol. The number of carbonyl (C=O) groups excluding carboxylic acids is 1. The van der Waals surface area contributed by atoms with Gasteiger partial charge in [0.1, 0.15) is 0 Å². The summed E-state index contributed by atoms with van der Waals surface area (Å²) in [5, 5.41) is 9.29. The highest BCUT2D eigenvalue weighted by atomic mass is 32.2. The van der Waals surface area contributed by atoms with Crippen LogP contribution in [-0.2, 0) is 9.84 Å². The Morgan fingerprint density at radius 2 is 2.17 bits per heavy atom. The first-order valence-electron chi connectivity index (χ1n) is 7.81. The van der Waals surface area contributed by atoms with E-state index in [0.29, 0.717) is 12.1 Å². The Hall–Kier alpha value is -1.67. The average molecular weight is 367 g/mol. The molecule has 3 rings (SSSR count). The van der Waals surface area contributed by atoms with Crippen LogP contribution in [0.1, 0.15) is 43.7 Å². The number of rotatable bonds is 3. The van der Waals surface area contributed by atoms with Crippen molar-refractivity contribution in [1.82, 2.24) is 15.1 Å². The zero-order chi connectivity index (χ0) is 17.5. The maximum Gasteiger partial charge on any atom is 0.272 e. The van der Waals surface area contributed by atoms with E-state index in [4.69, 9.17) is 0 Å². The second-order valence-corrected chi connectivity index (χ2v) is 10.3. The first-order chi connectivity index (χ1) is 11.1. The van der Waals surface area contributed by atoms with Crippen molar-refractivity contribution < 1.29 is 13.2 Å². The summed E-state index contributed by atoms with van der Waals surface area (Å²) in [6.45, 7) is 5.73. The lowest BCUT2D eigenvalue weighted by Crippen LogP contribution is -2.40. The van der Waals surface area contributed by atoms with Crippen LogP contribution in [0.25, 0.3) is 10.6 Å². The van der Waals surface area contributed by atoms with E-state index < -0.39 is 9.84 Å². The SMILES string of the molecule is CC(C)(C)NC(=O)c1cc(-c2cccs2)n([C@@H]2CCS(=O)(=O)C2)n1. The fraction of sp³-hybridized carbons (Fsp3) is 0.500. The van der Waals surface area contributed by atoms with Crippen LogP contribution in [0.5, 0.6) is 0 Å². The minimum absolute atomic E-state index is 0.0768. The van der Waals surface area contributed by atoms with Gasteiger partial charge in [0.2, 0.25) is 0 Å². The Kier molecular flexibility index (Phi) is 4.29. The van der Waals surface area contributed by atoms with Gasteiger partial charge in [0.25, 0.3) is 5.91 Å². The molecular formula is C16H21N3O3S2. The Labute approximate surface area is 145 Å². The molecule has 0 aromatic carbocycles. The van der Waals surface area contributed by atoms with E-state index in [9.17, 15) is 13.2 Å². The number of thiophene rings is 1. The van der Waals surface area contributed by atoms with Crippen LogP contribution in [0.4, 0.5) is 0 Å². The van der Waals surface area contributed by atoms with Gasteiger partial charge < -0.3 is 5.32 Å². The molecule has 0 unspecified atom stereocenters. The summed E-state index contributed by atoms with van der Waals surface area (Å²) in [6, 6.07) is 5.41. The molecule has 1 aliphatic heterocycles. The highest BCUT2D eigenvalue weighted by molar-refractivity contribution is 7.91. The Bertz CT molecular complexity index is 846. The van der Waals surface area contributed by atoms with Crippen molar-refractivity contribution in [2.24, 2.45) is 0 Å². The van der Waals surface area contributed by atoms with Gasteiger partial charge in [-0.1, -0.05) is 6.07 Å². The maximum atomic E-state index is 12.4. The van der Waals surface area contributed by atoms with Crippen LogP contribution in [0.2, 0.25) is 0 Å². The third-order valence-electron chi connectivity index (χ3n) is 3.78. The van der Waals surface area contributed by atoms with Crippen molar-refractivity contribution in [3.05, 3.63) is 29.3 Å². The molecule has 1 saturated heterocycles.